The lowest BCUT2D eigenvalue weighted by atomic mass is 9.97. The van der Waals surface area contributed by atoms with Crippen molar-refractivity contribution in [3.05, 3.63) is 24.3 Å². The minimum absolute atomic E-state index is 0.00378. The highest BCUT2D eigenvalue weighted by molar-refractivity contribution is 5.98. The summed E-state index contributed by atoms with van der Waals surface area (Å²) in [6.45, 7) is 3.60. The van der Waals surface area contributed by atoms with Crippen LogP contribution in [0.15, 0.2) is 24.3 Å². The highest BCUT2D eigenvalue weighted by Gasteiger charge is 2.30. The first-order valence-electron chi connectivity index (χ1n) is 9.06. The standard InChI is InChI=1S/C19H24N2O5/c1-2-25-19(24)14-7-10-20(11-8-14)17(22)9-12-21-15-5-3-4-6-16(15)26-13-18(21)23/h3-6,14H,2,7-13H2,1H3. The van der Waals surface area contributed by atoms with E-state index in [1.54, 1.807) is 16.7 Å². The Hall–Kier alpha value is -2.57. The summed E-state index contributed by atoms with van der Waals surface area (Å²) >= 11 is 0. The molecule has 0 spiro atoms. The van der Waals surface area contributed by atoms with Gasteiger partial charge < -0.3 is 19.3 Å². The fourth-order valence-corrected chi connectivity index (χ4v) is 3.39. The molecule has 1 aromatic rings. The van der Waals surface area contributed by atoms with E-state index in [1.165, 1.54) is 0 Å². The average Bonchev–Trinajstić information content (AvgIpc) is 2.67. The molecule has 0 atom stereocenters. The van der Waals surface area contributed by atoms with E-state index in [2.05, 4.69) is 0 Å². The van der Waals surface area contributed by atoms with Crippen LogP contribution in [-0.4, -0.2) is 55.5 Å². The van der Waals surface area contributed by atoms with Crippen molar-refractivity contribution in [1.82, 2.24) is 4.90 Å². The third kappa shape index (κ3) is 3.98. The van der Waals surface area contributed by atoms with E-state index in [0.29, 0.717) is 50.5 Å². The number of amides is 2. The molecule has 0 aromatic heterocycles. The number of esters is 1. The maximum atomic E-state index is 12.5. The summed E-state index contributed by atoms with van der Waals surface area (Å²) in [6.07, 6.45) is 1.51. The van der Waals surface area contributed by atoms with Crippen LogP contribution in [0, 0.1) is 5.92 Å². The summed E-state index contributed by atoms with van der Waals surface area (Å²) in [5.41, 5.74) is 0.706. The molecule has 2 aliphatic heterocycles. The molecule has 0 unspecified atom stereocenters. The van der Waals surface area contributed by atoms with E-state index in [0.717, 1.165) is 0 Å². The summed E-state index contributed by atoms with van der Waals surface area (Å²) < 4.78 is 10.5. The topological polar surface area (TPSA) is 76.2 Å². The Labute approximate surface area is 152 Å². The second kappa shape index (κ2) is 8.21. The zero-order valence-corrected chi connectivity index (χ0v) is 15.0. The number of anilines is 1. The van der Waals surface area contributed by atoms with E-state index in [1.807, 2.05) is 24.3 Å². The highest BCUT2D eigenvalue weighted by Crippen LogP contribution is 2.31. The number of hydrogen-bond acceptors (Lipinski definition) is 5. The number of benzene rings is 1. The molecule has 7 nitrogen and oxygen atoms in total. The van der Waals surface area contributed by atoms with Gasteiger partial charge in [-0.15, -0.1) is 0 Å². The van der Waals surface area contributed by atoms with Crippen molar-refractivity contribution in [3.63, 3.8) is 0 Å². The molecule has 0 radical (unpaired) electrons. The summed E-state index contributed by atoms with van der Waals surface area (Å²) in [6, 6.07) is 7.33. The van der Waals surface area contributed by atoms with Gasteiger partial charge in [-0.1, -0.05) is 12.1 Å². The number of fused-ring (bicyclic) bond motifs is 1. The van der Waals surface area contributed by atoms with Crippen LogP contribution in [0.4, 0.5) is 5.69 Å². The Bertz CT molecular complexity index is 682. The normalized spacial score (nSPS) is 17.5. The molecule has 0 saturated carbocycles. The van der Waals surface area contributed by atoms with Gasteiger partial charge in [-0.25, -0.2) is 0 Å². The van der Waals surface area contributed by atoms with Gasteiger partial charge >= 0.3 is 5.97 Å². The molecule has 3 rings (SSSR count). The summed E-state index contributed by atoms with van der Waals surface area (Å²) in [7, 11) is 0. The highest BCUT2D eigenvalue weighted by atomic mass is 16.5. The maximum Gasteiger partial charge on any atom is 0.309 e. The van der Waals surface area contributed by atoms with Gasteiger partial charge in [0.1, 0.15) is 5.75 Å². The van der Waals surface area contributed by atoms with Gasteiger partial charge in [-0.2, -0.15) is 0 Å². The van der Waals surface area contributed by atoms with Crippen LogP contribution >= 0.6 is 0 Å². The molecule has 2 heterocycles. The smallest absolute Gasteiger partial charge is 0.309 e. The maximum absolute atomic E-state index is 12.5. The van der Waals surface area contributed by atoms with Crippen molar-refractivity contribution < 1.29 is 23.9 Å². The lowest BCUT2D eigenvalue weighted by Gasteiger charge is -2.32. The molecule has 1 saturated heterocycles. The third-order valence-corrected chi connectivity index (χ3v) is 4.83. The van der Waals surface area contributed by atoms with Crippen molar-refractivity contribution in [2.75, 3.05) is 37.7 Å². The molecule has 140 valence electrons. The van der Waals surface area contributed by atoms with Gasteiger partial charge in [0.05, 0.1) is 18.2 Å². The SMILES string of the molecule is CCOC(=O)C1CCN(C(=O)CCN2C(=O)COc3ccccc32)CC1. The molecule has 2 amide bonds. The molecule has 7 heteroatoms. The van der Waals surface area contributed by atoms with Crippen LogP contribution in [0.2, 0.25) is 0 Å². The van der Waals surface area contributed by atoms with Crippen LogP contribution < -0.4 is 9.64 Å². The lowest BCUT2D eigenvalue weighted by Crippen LogP contribution is -2.44. The number of ether oxygens (including phenoxy) is 2. The van der Waals surface area contributed by atoms with Crippen LogP contribution in [0.1, 0.15) is 26.2 Å². The molecule has 2 aliphatic rings. The molecule has 26 heavy (non-hydrogen) atoms. The Morgan fingerprint density at radius 1 is 1.23 bits per heavy atom. The van der Waals surface area contributed by atoms with E-state index >= 15 is 0 Å². The van der Waals surface area contributed by atoms with Gasteiger partial charge in [-0.05, 0) is 31.9 Å². The number of carbonyl (C=O) groups is 3. The predicted octanol–water partition coefficient (Wildman–Crippen LogP) is 1.60. The number of piperidine rings is 1. The van der Waals surface area contributed by atoms with E-state index < -0.39 is 0 Å². The minimum atomic E-state index is -0.171. The van der Waals surface area contributed by atoms with Crippen molar-refractivity contribution in [2.24, 2.45) is 5.92 Å². The molecule has 0 N–H and O–H groups in total. The molecular weight excluding hydrogens is 336 g/mol. The van der Waals surface area contributed by atoms with Crippen LogP contribution in [-0.2, 0) is 19.1 Å². The van der Waals surface area contributed by atoms with Crippen LogP contribution in [0.3, 0.4) is 0 Å². The largest absolute Gasteiger partial charge is 0.482 e. The fourth-order valence-electron chi connectivity index (χ4n) is 3.39. The van der Waals surface area contributed by atoms with Gasteiger partial charge in [0, 0.05) is 26.1 Å². The number of carbonyl (C=O) groups excluding carboxylic acids is 3. The fraction of sp³-hybridized carbons (Fsp3) is 0.526. The van der Waals surface area contributed by atoms with E-state index in [9.17, 15) is 14.4 Å². The molecule has 1 fully saturated rings. The van der Waals surface area contributed by atoms with Gasteiger partial charge in [-0.3, -0.25) is 14.4 Å². The zero-order valence-electron chi connectivity index (χ0n) is 15.0. The van der Waals surface area contributed by atoms with Crippen LogP contribution in [0.5, 0.6) is 5.75 Å². The Morgan fingerprint density at radius 2 is 1.96 bits per heavy atom. The second-order valence-corrected chi connectivity index (χ2v) is 6.46. The number of hydrogen-bond donors (Lipinski definition) is 0. The van der Waals surface area contributed by atoms with Crippen molar-refractivity contribution in [2.45, 2.75) is 26.2 Å². The first-order chi connectivity index (χ1) is 12.6. The quantitative estimate of drug-likeness (QED) is 0.746. The molecule has 0 aliphatic carbocycles. The third-order valence-electron chi connectivity index (χ3n) is 4.83. The van der Waals surface area contributed by atoms with Gasteiger partial charge in [0.15, 0.2) is 6.61 Å². The van der Waals surface area contributed by atoms with Gasteiger partial charge in [0.2, 0.25) is 5.91 Å². The summed E-state index contributed by atoms with van der Waals surface area (Å²) in [5, 5.41) is 0. The minimum Gasteiger partial charge on any atom is -0.482 e. The van der Waals surface area contributed by atoms with Crippen LogP contribution in [0.25, 0.3) is 0 Å². The second-order valence-electron chi connectivity index (χ2n) is 6.46. The first kappa shape index (κ1) is 18.2. The number of nitrogens with zero attached hydrogens (tertiary/aromatic N) is 2. The first-order valence-corrected chi connectivity index (χ1v) is 9.06. The summed E-state index contributed by atoms with van der Waals surface area (Å²) in [4.78, 5) is 39.8. The van der Waals surface area contributed by atoms with E-state index in [4.69, 9.17) is 9.47 Å². The van der Waals surface area contributed by atoms with Crippen molar-refractivity contribution in [3.8, 4) is 5.75 Å². The van der Waals surface area contributed by atoms with E-state index in [-0.39, 0.29) is 36.7 Å². The molecular formula is C19H24N2O5. The van der Waals surface area contributed by atoms with Crippen molar-refractivity contribution in [1.29, 1.82) is 0 Å². The van der Waals surface area contributed by atoms with Gasteiger partial charge in [0.25, 0.3) is 5.91 Å². The number of likely N-dealkylation sites (tertiary alicyclic amines) is 1. The molecule has 1 aromatic carbocycles. The number of para-hydroxylation sites is 2. The monoisotopic (exact) mass is 360 g/mol. The van der Waals surface area contributed by atoms with Crippen molar-refractivity contribution >= 4 is 23.5 Å². The summed E-state index contributed by atoms with van der Waals surface area (Å²) in [5.74, 6) is 0.234. The molecule has 0 bridgehead atoms. The Balaban J connectivity index is 1.52. The lowest BCUT2D eigenvalue weighted by molar-refractivity contribution is -0.151. The zero-order chi connectivity index (χ0) is 18.5. The predicted molar refractivity (Wildman–Crippen MR) is 94.8 cm³/mol. The average molecular weight is 360 g/mol. The Morgan fingerprint density at radius 3 is 2.69 bits per heavy atom. The number of rotatable bonds is 5. The Kier molecular flexibility index (Phi) is 5.75.